The van der Waals surface area contributed by atoms with Crippen LogP contribution in [0.4, 0.5) is 5.82 Å². The molecule has 3 heterocycles. The van der Waals surface area contributed by atoms with Gasteiger partial charge in [0.05, 0.1) is 10.9 Å². The number of amides is 1. The second kappa shape index (κ2) is 7.91. The number of nitrogens with two attached hydrogens (primary N) is 1. The fourth-order valence-electron chi connectivity index (χ4n) is 3.76. The molecule has 2 atom stereocenters. The second-order valence-corrected chi connectivity index (χ2v) is 8.47. The van der Waals surface area contributed by atoms with E-state index in [2.05, 4.69) is 24.1 Å². The largest absolute Gasteiger partial charge is 0.367 e. The molecule has 29 heavy (non-hydrogen) atoms. The van der Waals surface area contributed by atoms with Crippen molar-refractivity contribution < 1.29 is 4.79 Å². The fraction of sp³-hybridized carbons (Fsp3) is 0.318. The van der Waals surface area contributed by atoms with Crippen LogP contribution in [0.1, 0.15) is 46.1 Å². The Kier molecular flexibility index (Phi) is 5.32. The lowest BCUT2D eigenvalue weighted by atomic mass is 9.96. The van der Waals surface area contributed by atoms with E-state index in [1.807, 2.05) is 59.8 Å². The molecule has 1 amide bonds. The van der Waals surface area contributed by atoms with Gasteiger partial charge in [0.2, 0.25) is 5.91 Å². The summed E-state index contributed by atoms with van der Waals surface area (Å²) in [6.45, 7) is 7.09. The van der Waals surface area contributed by atoms with E-state index in [1.165, 1.54) is 5.56 Å². The van der Waals surface area contributed by atoms with Gasteiger partial charge in [-0.1, -0.05) is 12.1 Å². The minimum atomic E-state index is -0.405. The predicted molar refractivity (Wildman–Crippen MR) is 118 cm³/mol. The molecule has 150 valence electrons. The van der Waals surface area contributed by atoms with Crippen LogP contribution in [-0.4, -0.2) is 32.5 Å². The van der Waals surface area contributed by atoms with Crippen LogP contribution in [0, 0.1) is 6.92 Å². The van der Waals surface area contributed by atoms with Gasteiger partial charge in [0.15, 0.2) is 0 Å². The van der Waals surface area contributed by atoms with Gasteiger partial charge in [0, 0.05) is 35.7 Å². The first kappa shape index (κ1) is 19.5. The first-order chi connectivity index (χ1) is 14.0. The molecule has 0 unspecified atom stereocenters. The third-order valence-electron chi connectivity index (χ3n) is 5.19. The van der Waals surface area contributed by atoms with Crippen LogP contribution in [0.25, 0.3) is 11.4 Å². The van der Waals surface area contributed by atoms with Crippen molar-refractivity contribution in [2.24, 2.45) is 5.73 Å². The van der Waals surface area contributed by atoms with Crippen molar-refractivity contribution >= 4 is 23.5 Å². The van der Waals surface area contributed by atoms with Crippen LogP contribution in [0.3, 0.4) is 0 Å². The van der Waals surface area contributed by atoms with Gasteiger partial charge in [-0.3, -0.25) is 9.78 Å². The van der Waals surface area contributed by atoms with Crippen molar-refractivity contribution in [2.75, 3.05) is 11.1 Å². The van der Waals surface area contributed by atoms with Crippen LogP contribution in [-0.2, 0) is 6.54 Å². The number of anilines is 1. The van der Waals surface area contributed by atoms with E-state index < -0.39 is 5.91 Å². The minimum absolute atomic E-state index is 0.0849. The van der Waals surface area contributed by atoms with E-state index in [-0.39, 0.29) is 5.25 Å². The van der Waals surface area contributed by atoms with Crippen LogP contribution < -0.4 is 11.1 Å². The maximum atomic E-state index is 11.6. The summed E-state index contributed by atoms with van der Waals surface area (Å²) in [4.78, 5) is 16.2. The molecule has 0 fully saturated rings. The molecule has 1 aliphatic heterocycles. The lowest BCUT2D eigenvalue weighted by Crippen LogP contribution is -2.19. The maximum Gasteiger partial charge on any atom is 0.248 e. The number of carbonyl (C=O) groups excluding carboxylic acids is 1. The molecule has 0 radical (unpaired) electrons. The van der Waals surface area contributed by atoms with Crippen molar-refractivity contribution in [3.63, 3.8) is 0 Å². The van der Waals surface area contributed by atoms with E-state index >= 15 is 0 Å². The lowest BCUT2D eigenvalue weighted by Gasteiger charge is -2.19. The Bertz CT molecular complexity index is 1050. The molecule has 0 saturated carbocycles. The van der Waals surface area contributed by atoms with Gasteiger partial charge in [-0.25, -0.2) is 4.68 Å². The van der Waals surface area contributed by atoms with Gasteiger partial charge < -0.3 is 11.1 Å². The number of pyridine rings is 1. The number of hydrogen-bond acceptors (Lipinski definition) is 5. The molecule has 0 spiro atoms. The molecular weight excluding hydrogens is 382 g/mol. The molecule has 3 aromatic rings. The van der Waals surface area contributed by atoms with Crippen LogP contribution in [0.2, 0.25) is 0 Å². The number of nitrogens with zero attached hydrogens (tertiary/aromatic N) is 3. The molecule has 6 nitrogen and oxygen atoms in total. The third kappa shape index (κ3) is 3.62. The molecule has 0 aliphatic carbocycles. The summed E-state index contributed by atoms with van der Waals surface area (Å²) in [7, 11) is 0. The fourth-order valence-corrected chi connectivity index (χ4v) is 5.16. The topological polar surface area (TPSA) is 85.8 Å². The summed E-state index contributed by atoms with van der Waals surface area (Å²) in [6.07, 6.45) is 1.80. The standard InChI is InChI=1S/C22H25N5OS/c1-4-27-22-18(19(26-27)17-7-5-6-10-24-17)20(29-12-14(3)25-22)16-9-8-15(21(23)28)11-13(16)2/h5-11,14,20,25H,4,12H2,1-3H3,(H2,23,28)/t14-,20-/m1/s1. The average molecular weight is 408 g/mol. The molecule has 0 bridgehead atoms. The monoisotopic (exact) mass is 407 g/mol. The first-order valence-corrected chi connectivity index (χ1v) is 10.8. The normalized spacial score (nSPS) is 18.6. The number of aromatic nitrogens is 3. The number of thioether (sulfide) groups is 1. The van der Waals surface area contributed by atoms with Crippen molar-refractivity contribution in [2.45, 2.75) is 38.6 Å². The zero-order chi connectivity index (χ0) is 20.5. The van der Waals surface area contributed by atoms with E-state index in [1.54, 1.807) is 6.20 Å². The number of hydrogen-bond donors (Lipinski definition) is 2. The summed E-state index contributed by atoms with van der Waals surface area (Å²) in [5.74, 6) is 1.60. The Morgan fingerprint density at radius 2 is 2.17 bits per heavy atom. The van der Waals surface area contributed by atoms with Gasteiger partial charge in [0.1, 0.15) is 11.5 Å². The molecule has 3 N–H and O–H groups in total. The van der Waals surface area contributed by atoms with Crippen LogP contribution in [0.15, 0.2) is 42.6 Å². The maximum absolute atomic E-state index is 11.6. The highest BCUT2D eigenvalue weighted by Gasteiger charge is 2.32. The van der Waals surface area contributed by atoms with E-state index in [4.69, 9.17) is 10.8 Å². The number of nitrogens with one attached hydrogen (secondary N) is 1. The first-order valence-electron chi connectivity index (χ1n) is 9.80. The van der Waals surface area contributed by atoms with E-state index in [0.717, 1.165) is 40.6 Å². The summed E-state index contributed by atoms with van der Waals surface area (Å²) in [6, 6.07) is 11.9. The quantitative estimate of drug-likeness (QED) is 0.682. The van der Waals surface area contributed by atoms with Crippen molar-refractivity contribution in [1.29, 1.82) is 0 Å². The summed E-state index contributed by atoms with van der Waals surface area (Å²) < 4.78 is 2.03. The Labute approximate surface area is 174 Å². The smallest absolute Gasteiger partial charge is 0.248 e. The summed E-state index contributed by atoms with van der Waals surface area (Å²) in [5, 5.41) is 8.66. The highest BCUT2D eigenvalue weighted by Crippen LogP contribution is 2.47. The Balaban J connectivity index is 1.93. The Hall–Kier alpha value is -2.80. The molecule has 1 aromatic carbocycles. The van der Waals surface area contributed by atoms with Crippen molar-refractivity contribution in [3.8, 4) is 11.4 Å². The SMILES string of the molecule is CCn1nc(-c2ccccn2)c2c1N[C@H](C)CS[C@@H]2c1ccc(C(N)=O)cc1C. The number of fused-ring (bicyclic) bond motifs is 1. The average Bonchev–Trinajstić information content (AvgIpc) is 2.98. The molecule has 0 saturated heterocycles. The van der Waals surface area contributed by atoms with Gasteiger partial charge in [-0.15, -0.1) is 11.8 Å². The third-order valence-corrected chi connectivity index (χ3v) is 6.71. The summed E-state index contributed by atoms with van der Waals surface area (Å²) in [5.41, 5.74) is 11.1. The van der Waals surface area contributed by atoms with Crippen LogP contribution in [0.5, 0.6) is 0 Å². The minimum Gasteiger partial charge on any atom is -0.367 e. The number of primary amides is 1. The molecular formula is C22H25N5OS. The second-order valence-electron chi connectivity index (χ2n) is 7.34. The lowest BCUT2D eigenvalue weighted by molar-refractivity contribution is 0.1000. The van der Waals surface area contributed by atoms with Gasteiger partial charge in [0.25, 0.3) is 0 Å². The zero-order valence-corrected chi connectivity index (χ0v) is 17.7. The predicted octanol–water partition coefficient (Wildman–Crippen LogP) is 4.01. The molecule has 1 aliphatic rings. The van der Waals surface area contributed by atoms with Gasteiger partial charge in [-0.05, 0) is 56.2 Å². The van der Waals surface area contributed by atoms with Crippen molar-refractivity contribution in [3.05, 3.63) is 64.8 Å². The van der Waals surface area contributed by atoms with Crippen molar-refractivity contribution in [1.82, 2.24) is 14.8 Å². The Morgan fingerprint density at radius 1 is 1.34 bits per heavy atom. The highest BCUT2D eigenvalue weighted by molar-refractivity contribution is 7.99. The number of aryl methyl sites for hydroxylation is 2. The van der Waals surface area contributed by atoms with Gasteiger partial charge >= 0.3 is 0 Å². The highest BCUT2D eigenvalue weighted by atomic mass is 32.2. The van der Waals surface area contributed by atoms with Gasteiger partial charge in [-0.2, -0.15) is 5.10 Å². The molecule has 4 rings (SSSR count). The van der Waals surface area contributed by atoms with E-state index in [0.29, 0.717) is 11.6 Å². The molecule has 7 heteroatoms. The Morgan fingerprint density at radius 3 is 2.83 bits per heavy atom. The van der Waals surface area contributed by atoms with E-state index in [9.17, 15) is 4.79 Å². The summed E-state index contributed by atoms with van der Waals surface area (Å²) >= 11 is 1.89. The number of rotatable bonds is 4. The number of carbonyl (C=O) groups is 1. The molecule has 2 aromatic heterocycles. The zero-order valence-electron chi connectivity index (χ0n) is 16.8. The van der Waals surface area contributed by atoms with Crippen LogP contribution >= 0.6 is 11.8 Å². The number of benzene rings is 1.